The predicted molar refractivity (Wildman–Crippen MR) is 115 cm³/mol. The van der Waals surface area contributed by atoms with Gasteiger partial charge in [-0.1, -0.05) is 30.3 Å². The van der Waals surface area contributed by atoms with Crippen LogP contribution in [0.25, 0.3) is 11.3 Å². The molecule has 3 aromatic rings. The molecular weight excluding hydrogens is 443 g/mol. The third-order valence-corrected chi connectivity index (χ3v) is 4.39. The second-order valence-electron chi connectivity index (χ2n) is 7.01. The fraction of sp³-hybridized carbons (Fsp3) is 0.238. The third kappa shape index (κ3) is 6.77. The van der Waals surface area contributed by atoms with E-state index in [1.165, 1.54) is 30.3 Å². The Morgan fingerprint density at radius 2 is 1.91 bits per heavy atom. The van der Waals surface area contributed by atoms with E-state index in [1.54, 1.807) is 31.2 Å². The van der Waals surface area contributed by atoms with E-state index in [1.807, 2.05) is 0 Å². The van der Waals surface area contributed by atoms with Crippen LogP contribution in [0.2, 0.25) is 0 Å². The van der Waals surface area contributed by atoms with Gasteiger partial charge in [0.2, 0.25) is 5.95 Å². The lowest BCUT2D eigenvalue weighted by atomic mass is 10.1. The van der Waals surface area contributed by atoms with Gasteiger partial charge in [0.15, 0.2) is 0 Å². The van der Waals surface area contributed by atoms with E-state index in [4.69, 9.17) is 0 Å². The van der Waals surface area contributed by atoms with Gasteiger partial charge in [0.1, 0.15) is 11.6 Å². The number of aliphatic hydroxyl groups is 1. The maximum Gasteiger partial charge on any atom is 0.573 e. The molecule has 0 aliphatic carbocycles. The van der Waals surface area contributed by atoms with Crippen LogP contribution in [0.1, 0.15) is 12.5 Å². The summed E-state index contributed by atoms with van der Waals surface area (Å²) in [4.78, 5) is 19.3. The quantitative estimate of drug-likeness (QED) is 0.316. The molecule has 174 valence electrons. The van der Waals surface area contributed by atoms with Crippen LogP contribution in [0.4, 0.5) is 30.6 Å². The van der Waals surface area contributed by atoms with Crippen LogP contribution >= 0.6 is 0 Å². The number of aromatic nitrogens is 2. The molecule has 0 aliphatic heterocycles. The molecule has 0 spiro atoms. The van der Waals surface area contributed by atoms with Crippen molar-refractivity contribution in [2.75, 3.05) is 17.2 Å². The molecule has 3 N–H and O–H groups in total. The van der Waals surface area contributed by atoms with Crippen molar-refractivity contribution in [1.82, 2.24) is 9.97 Å². The maximum atomic E-state index is 12.6. The van der Waals surface area contributed by atoms with E-state index in [9.17, 15) is 28.4 Å². The van der Waals surface area contributed by atoms with Gasteiger partial charge in [0.25, 0.3) is 5.69 Å². The largest absolute Gasteiger partial charge is 0.573 e. The summed E-state index contributed by atoms with van der Waals surface area (Å²) in [7, 11) is 0. The number of nitro benzene ring substituents is 1. The topological polar surface area (TPSA) is 122 Å². The average molecular weight is 463 g/mol. The summed E-state index contributed by atoms with van der Waals surface area (Å²) >= 11 is 0. The summed E-state index contributed by atoms with van der Waals surface area (Å²) in [6.45, 7) is 1.55. The van der Waals surface area contributed by atoms with Gasteiger partial charge in [-0.05, 0) is 19.1 Å². The molecule has 33 heavy (non-hydrogen) atoms. The number of benzene rings is 2. The van der Waals surface area contributed by atoms with E-state index in [0.717, 1.165) is 0 Å². The first-order chi connectivity index (χ1) is 15.6. The first kappa shape index (κ1) is 23.7. The molecule has 2 aromatic carbocycles. The minimum absolute atomic E-state index is 0.0662. The molecule has 0 saturated heterocycles. The number of rotatable bonds is 9. The first-order valence-corrected chi connectivity index (χ1v) is 9.73. The van der Waals surface area contributed by atoms with Crippen LogP contribution < -0.4 is 15.4 Å². The standard InChI is InChI=1S/C21H20F3N5O4/c1-13(12-30)26-20-27-17(14-6-4-7-16(9-14)33-21(22,23)24)10-19(28-20)25-11-15-5-2-3-8-18(15)29(31)32/h2-10,13,30H,11-12H2,1H3,(H2,25,26,27,28)/t13-/m1/s1. The minimum Gasteiger partial charge on any atom is -0.406 e. The first-order valence-electron chi connectivity index (χ1n) is 9.73. The van der Waals surface area contributed by atoms with E-state index >= 15 is 0 Å². The number of hydrogen-bond acceptors (Lipinski definition) is 8. The molecule has 0 unspecified atom stereocenters. The number of alkyl halides is 3. The summed E-state index contributed by atoms with van der Waals surface area (Å²) in [6.07, 6.45) is -4.84. The van der Waals surface area contributed by atoms with Crippen molar-refractivity contribution in [3.63, 3.8) is 0 Å². The Labute approximate surface area is 186 Å². The van der Waals surface area contributed by atoms with Gasteiger partial charge < -0.3 is 20.5 Å². The second-order valence-corrected chi connectivity index (χ2v) is 7.01. The summed E-state index contributed by atoms with van der Waals surface area (Å²) in [5.41, 5.74) is 0.952. The van der Waals surface area contributed by atoms with Crippen molar-refractivity contribution in [3.8, 4) is 17.0 Å². The maximum absolute atomic E-state index is 12.6. The number of ether oxygens (including phenoxy) is 1. The normalized spacial score (nSPS) is 12.2. The van der Waals surface area contributed by atoms with E-state index in [0.29, 0.717) is 11.1 Å². The highest BCUT2D eigenvalue weighted by atomic mass is 19.4. The second kappa shape index (κ2) is 10.1. The Bertz CT molecular complexity index is 1130. The van der Waals surface area contributed by atoms with Gasteiger partial charge in [-0.25, -0.2) is 4.98 Å². The lowest BCUT2D eigenvalue weighted by molar-refractivity contribution is -0.385. The number of hydrogen-bond donors (Lipinski definition) is 3. The lowest BCUT2D eigenvalue weighted by Crippen LogP contribution is -2.21. The zero-order chi connectivity index (χ0) is 24.0. The zero-order valence-corrected chi connectivity index (χ0v) is 17.3. The third-order valence-electron chi connectivity index (χ3n) is 4.39. The smallest absolute Gasteiger partial charge is 0.406 e. The van der Waals surface area contributed by atoms with E-state index in [-0.39, 0.29) is 36.3 Å². The Kier molecular flexibility index (Phi) is 7.28. The highest BCUT2D eigenvalue weighted by molar-refractivity contribution is 5.66. The Morgan fingerprint density at radius 1 is 1.15 bits per heavy atom. The van der Waals surface area contributed by atoms with Gasteiger partial charge >= 0.3 is 6.36 Å². The van der Waals surface area contributed by atoms with Crippen LogP contribution in [0.5, 0.6) is 5.75 Å². The highest BCUT2D eigenvalue weighted by Crippen LogP contribution is 2.29. The van der Waals surface area contributed by atoms with E-state index < -0.39 is 23.1 Å². The molecule has 1 heterocycles. The molecule has 0 radical (unpaired) electrons. The summed E-state index contributed by atoms with van der Waals surface area (Å²) in [6, 6.07) is 12.6. The molecule has 0 fully saturated rings. The van der Waals surface area contributed by atoms with Gasteiger partial charge in [-0.15, -0.1) is 13.2 Å². The number of aliphatic hydroxyl groups excluding tert-OH is 1. The van der Waals surface area contributed by atoms with Gasteiger partial charge in [0, 0.05) is 35.8 Å². The number of halogens is 3. The SMILES string of the molecule is C[C@H](CO)Nc1nc(NCc2ccccc2[N+](=O)[O-])cc(-c2cccc(OC(F)(F)F)c2)n1. The predicted octanol–water partition coefficient (Wildman–Crippen LogP) is 4.36. The highest BCUT2D eigenvalue weighted by Gasteiger charge is 2.31. The molecule has 0 aliphatic rings. The molecule has 0 saturated carbocycles. The van der Waals surface area contributed by atoms with Crippen LogP contribution in [-0.4, -0.2) is 39.0 Å². The van der Waals surface area contributed by atoms with E-state index in [2.05, 4.69) is 25.3 Å². The number of nitro groups is 1. The van der Waals surface area contributed by atoms with Gasteiger partial charge in [0.05, 0.1) is 17.2 Å². The molecule has 1 aromatic heterocycles. The lowest BCUT2D eigenvalue weighted by Gasteiger charge is -2.15. The number of anilines is 2. The monoisotopic (exact) mass is 463 g/mol. The molecule has 1 atom stereocenters. The molecule has 0 amide bonds. The Balaban J connectivity index is 1.93. The molecule has 12 heteroatoms. The van der Waals surface area contributed by atoms with Crippen molar-refractivity contribution in [3.05, 3.63) is 70.3 Å². The van der Waals surface area contributed by atoms with Crippen LogP contribution in [0, 0.1) is 10.1 Å². The minimum atomic E-state index is -4.84. The fourth-order valence-electron chi connectivity index (χ4n) is 2.89. The van der Waals surface area contributed by atoms with Crippen LogP contribution in [0.3, 0.4) is 0 Å². The van der Waals surface area contributed by atoms with Crippen LogP contribution in [-0.2, 0) is 6.54 Å². The summed E-state index contributed by atoms with van der Waals surface area (Å²) < 4.78 is 41.8. The van der Waals surface area contributed by atoms with Crippen molar-refractivity contribution >= 4 is 17.5 Å². The number of nitrogens with one attached hydrogen (secondary N) is 2. The summed E-state index contributed by atoms with van der Waals surface area (Å²) in [5.74, 6) is -0.0274. The number of nitrogens with zero attached hydrogens (tertiary/aromatic N) is 3. The van der Waals surface area contributed by atoms with Crippen molar-refractivity contribution in [2.24, 2.45) is 0 Å². The average Bonchev–Trinajstić information content (AvgIpc) is 2.76. The molecular formula is C21H20F3N5O4. The Hall–Kier alpha value is -3.93. The van der Waals surface area contributed by atoms with Gasteiger partial charge in [-0.3, -0.25) is 10.1 Å². The van der Waals surface area contributed by atoms with Crippen LogP contribution in [0.15, 0.2) is 54.6 Å². The summed E-state index contributed by atoms with van der Waals surface area (Å²) in [5, 5.41) is 26.4. The van der Waals surface area contributed by atoms with Gasteiger partial charge in [-0.2, -0.15) is 4.98 Å². The fourth-order valence-corrected chi connectivity index (χ4v) is 2.89. The molecule has 3 rings (SSSR count). The van der Waals surface area contributed by atoms with Crippen molar-refractivity contribution in [1.29, 1.82) is 0 Å². The van der Waals surface area contributed by atoms with Crippen molar-refractivity contribution in [2.45, 2.75) is 25.9 Å². The number of para-hydroxylation sites is 1. The Morgan fingerprint density at radius 3 is 2.61 bits per heavy atom. The molecule has 0 bridgehead atoms. The molecule has 9 nitrogen and oxygen atoms in total. The van der Waals surface area contributed by atoms with Crippen molar-refractivity contribution < 1.29 is 27.9 Å². The zero-order valence-electron chi connectivity index (χ0n) is 17.3.